The van der Waals surface area contributed by atoms with Crippen molar-refractivity contribution in [3.05, 3.63) is 47.1 Å². The predicted octanol–water partition coefficient (Wildman–Crippen LogP) is 4.31. The first-order valence-electron chi connectivity index (χ1n) is 8.56. The number of benzene rings is 1. The number of allylic oxidation sites excluding steroid dienone is 2. The number of amides is 1. The molecule has 1 aliphatic heterocycles. The van der Waals surface area contributed by atoms with Crippen molar-refractivity contribution in [1.82, 2.24) is 9.88 Å². The first-order chi connectivity index (χ1) is 11.7. The van der Waals surface area contributed by atoms with E-state index in [-0.39, 0.29) is 5.91 Å². The molecule has 1 saturated heterocycles. The summed E-state index contributed by atoms with van der Waals surface area (Å²) in [5, 5.41) is 2.71. The summed E-state index contributed by atoms with van der Waals surface area (Å²) in [5.74, 6) is 0.600. The number of carbonyl (C=O) groups excluding carboxylic acids is 1. The number of rotatable bonds is 2. The lowest BCUT2D eigenvalue weighted by molar-refractivity contribution is 0.0744. The molecular formula is C19H21N3OS. The zero-order valence-corrected chi connectivity index (χ0v) is 14.4. The molecule has 4 rings (SSSR count). The quantitative estimate of drug-likeness (QED) is 0.829. The lowest BCUT2D eigenvalue weighted by Gasteiger charge is -2.37. The van der Waals surface area contributed by atoms with Crippen molar-refractivity contribution in [2.24, 2.45) is 5.92 Å². The minimum atomic E-state index is 0.0410. The van der Waals surface area contributed by atoms with Gasteiger partial charge in [0.2, 0.25) is 0 Å². The number of likely N-dealkylation sites (tertiary alicyclic amines) is 1. The molecule has 2 aromatic rings. The van der Waals surface area contributed by atoms with Crippen LogP contribution in [0.4, 0.5) is 5.69 Å². The zero-order chi connectivity index (χ0) is 16.5. The second-order valence-electron chi connectivity index (χ2n) is 6.52. The van der Waals surface area contributed by atoms with Crippen LogP contribution in [0.25, 0.3) is 10.6 Å². The summed E-state index contributed by atoms with van der Waals surface area (Å²) in [6.45, 7) is 0.812. The van der Waals surface area contributed by atoms with E-state index in [1.807, 2.05) is 34.5 Å². The minimum absolute atomic E-state index is 0.0410. The summed E-state index contributed by atoms with van der Waals surface area (Å²) < 4.78 is 0. The highest BCUT2D eigenvalue weighted by molar-refractivity contribution is 7.13. The number of piperidine rings is 1. The monoisotopic (exact) mass is 339 g/mol. The molecule has 1 unspecified atom stereocenters. The summed E-state index contributed by atoms with van der Waals surface area (Å²) in [6.07, 6.45) is 8.09. The van der Waals surface area contributed by atoms with Crippen molar-refractivity contribution in [2.75, 3.05) is 12.3 Å². The van der Waals surface area contributed by atoms with Gasteiger partial charge >= 0.3 is 0 Å². The molecule has 0 radical (unpaired) electrons. The third-order valence-electron chi connectivity index (χ3n) is 4.88. The van der Waals surface area contributed by atoms with Gasteiger partial charge in [-0.15, -0.1) is 11.3 Å². The van der Waals surface area contributed by atoms with E-state index in [1.54, 1.807) is 0 Å². The molecule has 1 aliphatic carbocycles. The number of fused-ring (bicyclic) bond motifs is 1. The molecule has 24 heavy (non-hydrogen) atoms. The van der Waals surface area contributed by atoms with Crippen LogP contribution < -0.4 is 5.73 Å². The zero-order valence-electron chi connectivity index (χ0n) is 13.6. The van der Waals surface area contributed by atoms with Crippen molar-refractivity contribution in [2.45, 2.75) is 32.1 Å². The maximum Gasteiger partial charge on any atom is 0.277 e. The molecule has 0 bridgehead atoms. The topological polar surface area (TPSA) is 59.2 Å². The van der Waals surface area contributed by atoms with Crippen LogP contribution in [-0.4, -0.2) is 22.3 Å². The molecule has 2 heterocycles. The highest BCUT2D eigenvalue weighted by Gasteiger charge is 2.31. The van der Waals surface area contributed by atoms with Gasteiger partial charge in [0.15, 0.2) is 0 Å². The predicted molar refractivity (Wildman–Crippen MR) is 97.7 cm³/mol. The van der Waals surface area contributed by atoms with Crippen LogP contribution in [0, 0.1) is 5.92 Å². The van der Waals surface area contributed by atoms with Crippen molar-refractivity contribution in [3.8, 4) is 10.6 Å². The Morgan fingerprint density at radius 2 is 2.17 bits per heavy atom. The van der Waals surface area contributed by atoms with Crippen LogP contribution in [0.15, 0.2) is 41.4 Å². The molecule has 0 saturated carbocycles. The van der Waals surface area contributed by atoms with Crippen molar-refractivity contribution in [1.29, 1.82) is 0 Å². The Bertz CT molecular complexity index is 795. The van der Waals surface area contributed by atoms with E-state index in [1.165, 1.54) is 36.3 Å². The van der Waals surface area contributed by atoms with Crippen LogP contribution in [0.2, 0.25) is 0 Å². The summed E-state index contributed by atoms with van der Waals surface area (Å²) in [5.41, 5.74) is 9.30. The highest BCUT2D eigenvalue weighted by atomic mass is 32.1. The lowest BCUT2D eigenvalue weighted by Crippen LogP contribution is -2.39. The Labute approximate surface area is 146 Å². The number of thiazole rings is 1. The van der Waals surface area contributed by atoms with E-state index in [4.69, 9.17) is 5.73 Å². The third kappa shape index (κ3) is 2.84. The maximum absolute atomic E-state index is 13.0. The van der Waals surface area contributed by atoms with Gasteiger partial charge in [0.1, 0.15) is 10.7 Å². The molecule has 5 heteroatoms. The second-order valence-corrected chi connectivity index (χ2v) is 7.38. The minimum Gasteiger partial charge on any atom is -0.399 e. The normalized spacial score (nSPS) is 20.4. The standard InChI is InChI=1S/C19H21N3OS/c20-15-8-3-6-14(11-15)18-21-16(12-24-18)19(23)22-10-4-7-13-5-1-2-9-17(13)22/h3,6,8-9,11-13H,1-2,4-5,7,10,20H2. The average molecular weight is 339 g/mol. The number of carbonyl (C=O) groups is 1. The molecule has 124 valence electrons. The van der Waals surface area contributed by atoms with Gasteiger partial charge in [-0.2, -0.15) is 0 Å². The lowest BCUT2D eigenvalue weighted by atomic mass is 9.85. The average Bonchev–Trinajstić information content (AvgIpc) is 3.11. The Hall–Kier alpha value is -2.14. The number of aromatic nitrogens is 1. The van der Waals surface area contributed by atoms with E-state index in [0.29, 0.717) is 17.3 Å². The van der Waals surface area contributed by atoms with Gasteiger partial charge in [-0.25, -0.2) is 4.98 Å². The maximum atomic E-state index is 13.0. The largest absolute Gasteiger partial charge is 0.399 e. The van der Waals surface area contributed by atoms with Crippen molar-refractivity contribution in [3.63, 3.8) is 0 Å². The van der Waals surface area contributed by atoms with Gasteiger partial charge in [0, 0.05) is 28.9 Å². The molecule has 4 nitrogen and oxygen atoms in total. The first kappa shape index (κ1) is 15.4. The molecule has 0 spiro atoms. The molecule has 1 atom stereocenters. The number of nitrogens with two attached hydrogens (primary N) is 1. The van der Waals surface area contributed by atoms with E-state index in [0.717, 1.165) is 30.0 Å². The smallest absolute Gasteiger partial charge is 0.277 e. The summed E-state index contributed by atoms with van der Waals surface area (Å²) >= 11 is 1.50. The first-order valence-corrected chi connectivity index (χ1v) is 9.44. The fraction of sp³-hybridized carbons (Fsp3) is 0.368. The Balaban J connectivity index is 1.60. The van der Waals surface area contributed by atoms with Gasteiger partial charge in [-0.05, 0) is 50.2 Å². The summed E-state index contributed by atoms with van der Waals surface area (Å²) in [6, 6.07) is 7.64. The Morgan fingerprint density at radius 3 is 3.04 bits per heavy atom. The van der Waals surface area contributed by atoms with Gasteiger partial charge in [-0.1, -0.05) is 18.2 Å². The van der Waals surface area contributed by atoms with Crippen molar-refractivity contribution < 1.29 is 4.79 Å². The fourth-order valence-electron chi connectivity index (χ4n) is 3.71. The molecule has 1 aromatic carbocycles. The molecule has 1 amide bonds. The van der Waals surface area contributed by atoms with E-state index in [9.17, 15) is 4.79 Å². The summed E-state index contributed by atoms with van der Waals surface area (Å²) in [7, 11) is 0. The second kappa shape index (κ2) is 6.40. The number of nitrogens with zero attached hydrogens (tertiary/aromatic N) is 2. The number of hydrogen-bond acceptors (Lipinski definition) is 4. The third-order valence-corrected chi connectivity index (χ3v) is 5.77. The number of anilines is 1. The molecular weight excluding hydrogens is 318 g/mol. The van der Waals surface area contributed by atoms with E-state index < -0.39 is 0 Å². The van der Waals surface area contributed by atoms with Crippen LogP contribution >= 0.6 is 11.3 Å². The van der Waals surface area contributed by atoms with Crippen LogP contribution in [0.5, 0.6) is 0 Å². The van der Waals surface area contributed by atoms with Gasteiger partial charge < -0.3 is 10.6 Å². The van der Waals surface area contributed by atoms with Gasteiger partial charge in [0.05, 0.1) is 0 Å². The van der Waals surface area contributed by atoms with E-state index >= 15 is 0 Å². The fourth-order valence-corrected chi connectivity index (χ4v) is 4.50. The number of hydrogen-bond donors (Lipinski definition) is 1. The van der Waals surface area contributed by atoms with Crippen LogP contribution in [0.3, 0.4) is 0 Å². The number of nitrogen functional groups attached to an aromatic ring is 1. The SMILES string of the molecule is Nc1cccc(-c2nc(C(=O)N3CCCC4CCCC=C43)cs2)c1. The highest BCUT2D eigenvalue weighted by Crippen LogP contribution is 2.36. The molecule has 2 N–H and O–H groups in total. The van der Waals surface area contributed by atoms with Crippen LogP contribution in [-0.2, 0) is 0 Å². The Morgan fingerprint density at radius 1 is 1.29 bits per heavy atom. The van der Waals surface area contributed by atoms with Gasteiger partial charge in [-0.3, -0.25) is 4.79 Å². The van der Waals surface area contributed by atoms with Crippen LogP contribution in [0.1, 0.15) is 42.6 Å². The molecule has 1 aromatic heterocycles. The molecule has 2 aliphatic rings. The van der Waals surface area contributed by atoms with Crippen molar-refractivity contribution >= 4 is 22.9 Å². The Kier molecular flexibility index (Phi) is 4.10. The summed E-state index contributed by atoms with van der Waals surface area (Å²) in [4.78, 5) is 19.5. The molecule has 1 fully saturated rings. The van der Waals surface area contributed by atoms with E-state index in [2.05, 4.69) is 11.1 Å². The van der Waals surface area contributed by atoms with Gasteiger partial charge in [0.25, 0.3) is 5.91 Å².